The van der Waals surface area contributed by atoms with Crippen LogP contribution >= 0.6 is 0 Å². The highest BCUT2D eigenvalue weighted by Crippen LogP contribution is 2.35. The summed E-state index contributed by atoms with van der Waals surface area (Å²) in [6, 6.07) is 15.8. The second kappa shape index (κ2) is 10.4. The van der Waals surface area contributed by atoms with E-state index in [0.717, 1.165) is 36.0 Å². The van der Waals surface area contributed by atoms with Gasteiger partial charge in [0.1, 0.15) is 0 Å². The van der Waals surface area contributed by atoms with Crippen LogP contribution in [0.5, 0.6) is 0 Å². The maximum absolute atomic E-state index is 13.4. The van der Waals surface area contributed by atoms with Crippen LogP contribution in [0.3, 0.4) is 0 Å². The standard InChI is InChI=1S/C27H30N4O2/c1-2-13-30-26(33)27(12-3-18-31(20-27)25(32)24-10-16-29-17-11-24)19-21-4-6-22(7-5-21)23-8-14-28-15-9-23/h4-11,14-17H,2-3,12-13,18-20H2,1H3,(H,30,33)/t27-/m0/s1. The van der Waals surface area contributed by atoms with Crippen molar-refractivity contribution in [3.8, 4) is 11.1 Å². The van der Waals surface area contributed by atoms with Gasteiger partial charge in [-0.15, -0.1) is 0 Å². The molecule has 6 nitrogen and oxygen atoms in total. The number of benzene rings is 1. The van der Waals surface area contributed by atoms with Gasteiger partial charge in [-0.25, -0.2) is 0 Å². The van der Waals surface area contributed by atoms with Crippen molar-refractivity contribution in [3.63, 3.8) is 0 Å². The highest BCUT2D eigenvalue weighted by atomic mass is 16.2. The second-order valence-corrected chi connectivity index (χ2v) is 8.71. The molecular weight excluding hydrogens is 412 g/mol. The number of rotatable bonds is 7. The van der Waals surface area contributed by atoms with Crippen molar-refractivity contribution in [2.45, 2.75) is 32.6 Å². The Bertz CT molecular complexity index is 1070. The van der Waals surface area contributed by atoms with Gasteiger partial charge >= 0.3 is 0 Å². The van der Waals surface area contributed by atoms with Crippen LogP contribution in [-0.2, 0) is 11.2 Å². The van der Waals surface area contributed by atoms with Crippen LogP contribution < -0.4 is 5.32 Å². The molecule has 0 spiro atoms. The molecule has 1 aliphatic rings. The zero-order valence-electron chi connectivity index (χ0n) is 19.0. The summed E-state index contributed by atoms with van der Waals surface area (Å²) in [7, 11) is 0. The SMILES string of the molecule is CCCNC(=O)[C@]1(Cc2ccc(-c3ccncc3)cc2)CCCN(C(=O)c2ccncc2)C1. The average molecular weight is 443 g/mol. The van der Waals surface area contributed by atoms with Crippen molar-refractivity contribution in [2.75, 3.05) is 19.6 Å². The fraction of sp³-hybridized carbons (Fsp3) is 0.333. The highest BCUT2D eigenvalue weighted by Gasteiger charge is 2.43. The molecule has 0 bridgehead atoms. The lowest BCUT2D eigenvalue weighted by atomic mass is 9.74. The number of hydrogen-bond donors (Lipinski definition) is 1. The topological polar surface area (TPSA) is 75.2 Å². The number of amides is 2. The monoisotopic (exact) mass is 442 g/mol. The molecule has 4 rings (SSSR count). The molecule has 6 heteroatoms. The van der Waals surface area contributed by atoms with Crippen LogP contribution in [0.4, 0.5) is 0 Å². The van der Waals surface area contributed by atoms with Gasteiger partial charge in [-0.3, -0.25) is 19.6 Å². The van der Waals surface area contributed by atoms with Crippen LogP contribution in [0.25, 0.3) is 11.1 Å². The number of nitrogens with one attached hydrogen (secondary N) is 1. The summed E-state index contributed by atoms with van der Waals surface area (Å²) in [6.45, 7) is 3.76. The van der Waals surface area contributed by atoms with Gasteiger partial charge in [0.2, 0.25) is 5.91 Å². The molecule has 3 heterocycles. The lowest BCUT2D eigenvalue weighted by Crippen LogP contribution is -2.54. The molecule has 3 aromatic rings. The number of carbonyl (C=O) groups is 2. The first-order valence-electron chi connectivity index (χ1n) is 11.6. The third-order valence-electron chi connectivity index (χ3n) is 6.32. The molecule has 0 aliphatic carbocycles. The Morgan fingerprint density at radius 3 is 2.24 bits per heavy atom. The maximum atomic E-state index is 13.4. The van der Waals surface area contributed by atoms with E-state index in [4.69, 9.17) is 0 Å². The molecule has 1 fully saturated rings. The normalized spacial score (nSPS) is 18.0. The van der Waals surface area contributed by atoms with E-state index in [0.29, 0.717) is 31.6 Å². The van der Waals surface area contributed by atoms with Crippen molar-refractivity contribution in [3.05, 3.63) is 84.4 Å². The Labute approximate surface area is 195 Å². The highest BCUT2D eigenvalue weighted by molar-refractivity contribution is 5.95. The van der Waals surface area contributed by atoms with E-state index in [1.807, 2.05) is 24.0 Å². The van der Waals surface area contributed by atoms with Gasteiger partial charge in [0.05, 0.1) is 5.41 Å². The Hall–Kier alpha value is -3.54. The summed E-state index contributed by atoms with van der Waals surface area (Å²) in [5.74, 6) is -0.00686. The van der Waals surface area contributed by atoms with E-state index >= 15 is 0 Å². The van der Waals surface area contributed by atoms with Crippen molar-refractivity contribution in [1.29, 1.82) is 0 Å². The third kappa shape index (κ3) is 5.28. The molecule has 33 heavy (non-hydrogen) atoms. The Morgan fingerprint density at radius 1 is 0.939 bits per heavy atom. The van der Waals surface area contributed by atoms with Crippen LogP contribution in [0.15, 0.2) is 73.3 Å². The van der Waals surface area contributed by atoms with Crippen molar-refractivity contribution < 1.29 is 9.59 Å². The average Bonchev–Trinajstić information content (AvgIpc) is 2.88. The van der Waals surface area contributed by atoms with E-state index in [1.54, 1.807) is 36.9 Å². The molecule has 0 radical (unpaired) electrons. The maximum Gasteiger partial charge on any atom is 0.253 e. The quantitative estimate of drug-likeness (QED) is 0.597. The second-order valence-electron chi connectivity index (χ2n) is 8.71. The molecule has 1 N–H and O–H groups in total. The van der Waals surface area contributed by atoms with Gasteiger partial charge in [0.25, 0.3) is 5.91 Å². The smallest absolute Gasteiger partial charge is 0.253 e. The molecule has 170 valence electrons. The largest absolute Gasteiger partial charge is 0.356 e. The number of carbonyl (C=O) groups excluding carboxylic acids is 2. The number of hydrogen-bond acceptors (Lipinski definition) is 4. The third-order valence-corrected chi connectivity index (χ3v) is 6.32. The van der Waals surface area contributed by atoms with E-state index in [1.165, 1.54) is 0 Å². The molecule has 0 unspecified atom stereocenters. The minimum absolute atomic E-state index is 0.0368. The molecule has 1 aliphatic heterocycles. The van der Waals surface area contributed by atoms with Crippen molar-refractivity contribution in [2.24, 2.45) is 5.41 Å². The first-order valence-corrected chi connectivity index (χ1v) is 11.6. The minimum Gasteiger partial charge on any atom is -0.356 e. The first-order chi connectivity index (χ1) is 16.1. The molecule has 2 aromatic heterocycles. The minimum atomic E-state index is -0.645. The summed E-state index contributed by atoms with van der Waals surface area (Å²) >= 11 is 0. The lowest BCUT2D eigenvalue weighted by molar-refractivity contribution is -0.133. The van der Waals surface area contributed by atoms with E-state index in [9.17, 15) is 9.59 Å². The summed E-state index contributed by atoms with van der Waals surface area (Å²) in [6.07, 6.45) is 9.85. The molecule has 1 aromatic carbocycles. The molecule has 1 atom stereocenters. The van der Waals surface area contributed by atoms with Crippen LogP contribution in [0.2, 0.25) is 0 Å². The van der Waals surface area contributed by atoms with E-state index in [-0.39, 0.29) is 11.8 Å². The Kier molecular flexibility index (Phi) is 7.13. The molecule has 2 amide bonds. The summed E-state index contributed by atoms with van der Waals surface area (Å²) in [4.78, 5) is 36.5. The predicted molar refractivity (Wildman–Crippen MR) is 128 cm³/mol. The van der Waals surface area contributed by atoms with Gasteiger partial charge in [0.15, 0.2) is 0 Å². The van der Waals surface area contributed by atoms with Gasteiger partial charge in [-0.2, -0.15) is 0 Å². The van der Waals surface area contributed by atoms with E-state index in [2.05, 4.69) is 39.6 Å². The predicted octanol–water partition coefficient (Wildman–Crippen LogP) is 4.13. The van der Waals surface area contributed by atoms with Crippen LogP contribution in [0.1, 0.15) is 42.1 Å². The number of pyridine rings is 2. The van der Waals surface area contributed by atoms with Gasteiger partial charge < -0.3 is 10.2 Å². The lowest BCUT2D eigenvalue weighted by Gasteiger charge is -2.42. The van der Waals surface area contributed by atoms with Crippen LogP contribution in [0, 0.1) is 5.41 Å². The van der Waals surface area contributed by atoms with Gasteiger partial charge in [-0.05, 0) is 66.6 Å². The zero-order valence-corrected chi connectivity index (χ0v) is 19.0. The summed E-state index contributed by atoms with van der Waals surface area (Å²) < 4.78 is 0. The van der Waals surface area contributed by atoms with Crippen LogP contribution in [-0.4, -0.2) is 46.3 Å². The van der Waals surface area contributed by atoms with Gasteiger partial charge in [-0.1, -0.05) is 31.2 Å². The van der Waals surface area contributed by atoms with E-state index < -0.39 is 5.41 Å². The fourth-order valence-corrected chi connectivity index (χ4v) is 4.57. The summed E-state index contributed by atoms with van der Waals surface area (Å²) in [5, 5.41) is 3.11. The zero-order chi connectivity index (χ0) is 23.1. The number of likely N-dealkylation sites (tertiary alicyclic amines) is 1. The molecular formula is C27H30N4O2. The van der Waals surface area contributed by atoms with Crippen molar-refractivity contribution >= 4 is 11.8 Å². The number of nitrogens with zero attached hydrogens (tertiary/aromatic N) is 3. The van der Waals surface area contributed by atoms with Gasteiger partial charge in [0, 0.05) is 50.0 Å². The number of aromatic nitrogens is 2. The Morgan fingerprint density at radius 2 is 1.58 bits per heavy atom. The molecule has 1 saturated heterocycles. The summed E-state index contributed by atoms with van der Waals surface area (Å²) in [5.41, 5.74) is 3.28. The fourth-order valence-electron chi connectivity index (χ4n) is 4.57. The number of piperidine rings is 1. The Balaban J connectivity index is 1.58. The first kappa shape index (κ1) is 22.6. The van der Waals surface area contributed by atoms with Crippen molar-refractivity contribution in [1.82, 2.24) is 20.2 Å². The molecule has 0 saturated carbocycles.